The van der Waals surface area contributed by atoms with Crippen LogP contribution in [0, 0.1) is 11.3 Å². The van der Waals surface area contributed by atoms with Crippen LogP contribution in [0.4, 0.5) is 11.4 Å². The van der Waals surface area contributed by atoms with E-state index in [2.05, 4.69) is 57.9 Å². The summed E-state index contributed by atoms with van der Waals surface area (Å²) >= 11 is 1.52. The van der Waals surface area contributed by atoms with Crippen molar-refractivity contribution in [3.8, 4) is 6.07 Å². The van der Waals surface area contributed by atoms with Gasteiger partial charge in [0, 0.05) is 69.8 Å². The van der Waals surface area contributed by atoms with Crippen molar-refractivity contribution in [2.45, 2.75) is 86.8 Å². The second-order valence-electron chi connectivity index (χ2n) is 11.5. The molecule has 1 atom stereocenters. The number of anilines is 2. The molecule has 2 fully saturated rings. The van der Waals surface area contributed by atoms with Crippen LogP contribution in [0.15, 0.2) is 69.9 Å². The summed E-state index contributed by atoms with van der Waals surface area (Å²) in [4.78, 5) is 40.2. The lowest BCUT2D eigenvalue weighted by molar-refractivity contribution is -0.127. The lowest BCUT2D eigenvalue weighted by Gasteiger charge is -2.32. The van der Waals surface area contributed by atoms with Gasteiger partial charge in [-0.3, -0.25) is 14.4 Å². The van der Waals surface area contributed by atoms with Gasteiger partial charge in [0.2, 0.25) is 18.2 Å². The van der Waals surface area contributed by atoms with E-state index in [9.17, 15) is 14.4 Å². The standard InChI is InChI=1S/C15H24N4O.C12H19NO.C10H14N2OS.C2H6/c1-16-13-3-5-14(6-4-13)17-15(20)7-8-19-11-9-18(2)10-12-19;1-5-12(6-2)8-7-10(3)11(4)13-9-14;1-4-8-9(13)12(5-2)10(14-8)7(3)6-11;1-2/h3-6,16H,7-12H2,1-2H3,(H,17,20);5,7-9H,6H2,1-4H3,(H,13,14);8H,4-5H2,1-3H3;1-2H3/b;8-7-,11-10+,12-5-;10-7+;. The number of likely N-dealkylation sites (N-methyl/N-ethyl adjacent to an activating group) is 1. The Balaban J connectivity index is 0.000000721. The van der Waals surface area contributed by atoms with Crippen LogP contribution < -0.4 is 16.0 Å². The number of rotatable bonds is 12. The van der Waals surface area contributed by atoms with E-state index >= 15 is 0 Å². The molecule has 0 bridgehead atoms. The number of hydrogen-bond donors (Lipinski definition) is 3. The fourth-order valence-corrected chi connectivity index (χ4v) is 5.90. The van der Waals surface area contributed by atoms with Crippen molar-refractivity contribution in [1.82, 2.24) is 20.0 Å². The van der Waals surface area contributed by atoms with E-state index in [4.69, 9.17) is 5.26 Å². The van der Waals surface area contributed by atoms with Gasteiger partial charge in [-0.15, -0.1) is 0 Å². The third kappa shape index (κ3) is 17.2. The molecule has 278 valence electrons. The quantitative estimate of drug-likeness (QED) is 0.117. The van der Waals surface area contributed by atoms with Gasteiger partial charge in [-0.2, -0.15) is 5.26 Å². The van der Waals surface area contributed by atoms with Crippen molar-refractivity contribution in [3.63, 3.8) is 0 Å². The van der Waals surface area contributed by atoms with Crippen LogP contribution in [0.1, 0.15) is 81.6 Å². The van der Waals surface area contributed by atoms with Crippen molar-refractivity contribution in [1.29, 1.82) is 5.26 Å². The first-order chi connectivity index (χ1) is 24.0. The minimum atomic E-state index is 0.00764. The Morgan fingerprint density at radius 1 is 1.02 bits per heavy atom. The molecule has 0 aromatic heterocycles. The Bertz CT molecular complexity index is 1340. The minimum absolute atomic E-state index is 0.00764. The normalized spacial score (nSPS) is 17.9. The highest BCUT2D eigenvalue weighted by atomic mass is 32.2. The molecule has 11 heteroatoms. The highest BCUT2D eigenvalue weighted by molar-refractivity contribution is 8.04. The maximum atomic E-state index is 11.9. The SMILES string of the molecule is CC.CCC1S/C(=C(\C)C#N)N(CC)C1=O.CNc1ccc(NC(=O)CCN2CCN(C)CC2)cc1.C\C=C(/C=C\C(C)=C(/C)NC=O)CC. The smallest absolute Gasteiger partial charge is 0.240 e. The maximum Gasteiger partial charge on any atom is 0.240 e. The van der Waals surface area contributed by atoms with Gasteiger partial charge in [0.25, 0.3) is 0 Å². The van der Waals surface area contributed by atoms with Crippen LogP contribution in [0.2, 0.25) is 0 Å². The Morgan fingerprint density at radius 2 is 1.62 bits per heavy atom. The number of thioether (sulfide) groups is 1. The van der Waals surface area contributed by atoms with E-state index in [-0.39, 0.29) is 17.1 Å². The van der Waals surface area contributed by atoms with Gasteiger partial charge in [-0.1, -0.05) is 63.3 Å². The van der Waals surface area contributed by atoms with Gasteiger partial charge in [-0.25, -0.2) is 0 Å². The molecule has 3 N–H and O–H groups in total. The molecule has 10 nitrogen and oxygen atoms in total. The summed E-state index contributed by atoms with van der Waals surface area (Å²) in [6.07, 6.45) is 9.28. The second-order valence-corrected chi connectivity index (χ2v) is 12.7. The molecule has 0 aliphatic carbocycles. The van der Waals surface area contributed by atoms with E-state index in [1.807, 2.05) is 85.9 Å². The molecule has 3 rings (SSSR count). The van der Waals surface area contributed by atoms with Gasteiger partial charge in [0.15, 0.2) is 0 Å². The molecule has 50 heavy (non-hydrogen) atoms. The molecule has 0 saturated carbocycles. The van der Waals surface area contributed by atoms with Crippen LogP contribution in [0.3, 0.4) is 0 Å². The Kier molecular flexibility index (Phi) is 24.9. The van der Waals surface area contributed by atoms with Gasteiger partial charge in [0.1, 0.15) is 0 Å². The largest absolute Gasteiger partial charge is 0.388 e. The Morgan fingerprint density at radius 3 is 2.10 bits per heavy atom. The first kappa shape index (κ1) is 46.1. The minimum Gasteiger partial charge on any atom is -0.388 e. The van der Waals surface area contributed by atoms with Crippen molar-refractivity contribution in [3.05, 3.63) is 69.9 Å². The molecule has 3 amide bonds. The van der Waals surface area contributed by atoms with E-state index in [0.717, 1.165) is 73.2 Å². The van der Waals surface area contributed by atoms with Crippen molar-refractivity contribution in [2.75, 3.05) is 64.0 Å². The fraction of sp³-hybridized carbons (Fsp3) is 0.538. The molecule has 2 heterocycles. The molecular formula is C39H63N7O3S. The highest BCUT2D eigenvalue weighted by Gasteiger charge is 2.35. The number of carbonyl (C=O) groups excluding carboxylic acids is 3. The number of benzene rings is 1. The fourth-order valence-electron chi connectivity index (χ4n) is 4.67. The van der Waals surface area contributed by atoms with Crippen molar-refractivity contribution < 1.29 is 14.4 Å². The molecule has 2 saturated heterocycles. The summed E-state index contributed by atoms with van der Waals surface area (Å²) in [5.41, 5.74) is 5.80. The van der Waals surface area contributed by atoms with E-state index < -0.39 is 0 Å². The van der Waals surface area contributed by atoms with Crippen molar-refractivity contribution in [2.24, 2.45) is 0 Å². The molecular weight excluding hydrogens is 647 g/mol. The van der Waals surface area contributed by atoms with Crippen LogP contribution in [0.5, 0.6) is 0 Å². The summed E-state index contributed by atoms with van der Waals surface area (Å²) in [6, 6.07) is 9.84. The van der Waals surface area contributed by atoms with Crippen LogP contribution in [0.25, 0.3) is 0 Å². The first-order valence-corrected chi connectivity index (χ1v) is 18.6. The number of allylic oxidation sites excluding steroid dienone is 7. The lowest BCUT2D eigenvalue weighted by atomic mass is 10.1. The molecule has 0 radical (unpaired) electrons. The number of amides is 3. The summed E-state index contributed by atoms with van der Waals surface area (Å²) in [5.74, 6) is 0.228. The van der Waals surface area contributed by atoms with Gasteiger partial charge in [-0.05, 0) is 84.3 Å². The van der Waals surface area contributed by atoms with Gasteiger partial charge >= 0.3 is 0 Å². The predicted molar refractivity (Wildman–Crippen MR) is 213 cm³/mol. The van der Waals surface area contributed by atoms with Crippen molar-refractivity contribution >= 4 is 41.4 Å². The summed E-state index contributed by atoms with van der Waals surface area (Å²) < 4.78 is 0. The van der Waals surface area contributed by atoms with E-state index in [0.29, 0.717) is 24.9 Å². The molecule has 1 aromatic carbocycles. The Labute approximate surface area is 307 Å². The van der Waals surface area contributed by atoms with E-state index in [1.54, 1.807) is 11.8 Å². The maximum absolute atomic E-state index is 11.9. The van der Waals surface area contributed by atoms with Gasteiger partial charge < -0.3 is 30.7 Å². The average molecular weight is 710 g/mol. The number of nitrogens with zero attached hydrogens (tertiary/aromatic N) is 4. The summed E-state index contributed by atoms with van der Waals surface area (Å²) in [6.45, 7) is 23.5. The van der Waals surface area contributed by atoms with E-state index in [1.165, 1.54) is 17.3 Å². The van der Waals surface area contributed by atoms with Gasteiger partial charge in [0.05, 0.1) is 21.9 Å². The monoisotopic (exact) mass is 709 g/mol. The highest BCUT2D eigenvalue weighted by Crippen LogP contribution is 2.38. The van der Waals surface area contributed by atoms with Crippen LogP contribution in [-0.4, -0.2) is 91.5 Å². The zero-order valence-corrected chi connectivity index (χ0v) is 33.3. The molecule has 2 aliphatic heterocycles. The average Bonchev–Trinajstić information content (AvgIpc) is 3.48. The number of nitriles is 1. The lowest BCUT2D eigenvalue weighted by Crippen LogP contribution is -2.45. The topological polar surface area (TPSA) is 121 Å². The molecule has 1 unspecified atom stereocenters. The Hall–Kier alpha value is -3.85. The summed E-state index contributed by atoms with van der Waals surface area (Å²) in [5, 5.41) is 18.3. The molecule has 1 aromatic rings. The second kappa shape index (κ2) is 26.9. The first-order valence-electron chi connectivity index (χ1n) is 17.8. The molecule has 0 spiro atoms. The third-order valence-corrected chi connectivity index (χ3v) is 9.69. The number of carbonyl (C=O) groups is 3. The molecule has 2 aliphatic rings. The number of hydrogen-bond acceptors (Lipinski definition) is 8. The number of piperazine rings is 1. The zero-order valence-electron chi connectivity index (χ0n) is 32.5. The number of nitrogens with one attached hydrogen (secondary N) is 3. The third-order valence-electron chi connectivity index (χ3n) is 8.12. The van der Waals surface area contributed by atoms with Crippen LogP contribution >= 0.6 is 11.8 Å². The summed E-state index contributed by atoms with van der Waals surface area (Å²) in [7, 11) is 4.02. The predicted octanol–water partition coefficient (Wildman–Crippen LogP) is 7.38. The van der Waals surface area contributed by atoms with Crippen LogP contribution in [-0.2, 0) is 14.4 Å². The zero-order chi connectivity index (χ0) is 38.1.